The fourth-order valence-electron chi connectivity index (χ4n) is 1.34. The van der Waals surface area contributed by atoms with Crippen LogP contribution in [0.15, 0.2) is 5.38 Å². The number of rotatable bonds is 3. The van der Waals surface area contributed by atoms with Crippen LogP contribution in [0.2, 0.25) is 0 Å². The zero-order valence-corrected chi connectivity index (χ0v) is 11.0. The maximum absolute atomic E-state index is 12.1. The summed E-state index contributed by atoms with van der Waals surface area (Å²) in [6.07, 6.45) is -4.98. The molecule has 0 spiro atoms. The Morgan fingerprint density at radius 3 is 2.35 bits per heavy atom. The highest BCUT2D eigenvalue weighted by molar-refractivity contribution is 7.09. The third-order valence-electron chi connectivity index (χ3n) is 2.25. The molecule has 0 fully saturated rings. The number of thiazole rings is 1. The van der Waals surface area contributed by atoms with Crippen LogP contribution in [0.25, 0.3) is 0 Å². The van der Waals surface area contributed by atoms with Gasteiger partial charge in [-0.1, -0.05) is 20.8 Å². The number of aromatic nitrogens is 1. The zero-order chi connectivity index (χ0) is 13.3. The zero-order valence-electron chi connectivity index (χ0n) is 10.1. The Morgan fingerprint density at radius 1 is 1.35 bits per heavy atom. The molecule has 0 bridgehead atoms. The number of alkyl halides is 3. The minimum Gasteiger partial charge on any atom is -0.327 e. The van der Waals surface area contributed by atoms with Gasteiger partial charge in [0, 0.05) is 23.3 Å². The lowest BCUT2D eigenvalue weighted by Gasteiger charge is -2.15. The predicted octanol–water partition coefficient (Wildman–Crippen LogP) is 3.26. The number of nitrogens with two attached hydrogens (primary N) is 1. The second kappa shape index (κ2) is 4.94. The van der Waals surface area contributed by atoms with Crippen LogP contribution < -0.4 is 5.73 Å². The summed E-state index contributed by atoms with van der Waals surface area (Å²) in [6.45, 7) is 6.05. The van der Waals surface area contributed by atoms with E-state index in [9.17, 15) is 13.2 Å². The molecule has 1 atom stereocenters. The van der Waals surface area contributed by atoms with E-state index in [1.165, 1.54) is 11.3 Å². The Kier molecular flexibility index (Phi) is 4.19. The third-order valence-corrected chi connectivity index (χ3v) is 3.12. The third kappa shape index (κ3) is 5.04. The quantitative estimate of drug-likeness (QED) is 0.912. The lowest BCUT2D eigenvalue weighted by molar-refractivity contribution is -0.138. The van der Waals surface area contributed by atoms with E-state index < -0.39 is 18.6 Å². The van der Waals surface area contributed by atoms with E-state index >= 15 is 0 Å². The standard InChI is InChI=1S/C11H17F3N2S/c1-10(2,3)8-6-17-9(16-8)4-7(15)5-11(12,13)14/h6-7H,4-5,15H2,1-3H3. The molecule has 0 amide bonds. The van der Waals surface area contributed by atoms with Crippen molar-refractivity contribution in [1.29, 1.82) is 0 Å². The second-order valence-electron chi connectivity index (χ2n) is 5.16. The van der Waals surface area contributed by atoms with Crippen LogP contribution in [0.3, 0.4) is 0 Å². The van der Waals surface area contributed by atoms with Crippen LogP contribution in [-0.2, 0) is 11.8 Å². The van der Waals surface area contributed by atoms with E-state index in [1.807, 2.05) is 26.2 Å². The van der Waals surface area contributed by atoms with Crippen molar-refractivity contribution in [2.75, 3.05) is 0 Å². The summed E-state index contributed by atoms with van der Waals surface area (Å²) in [6, 6.07) is -0.908. The first kappa shape index (κ1) is 14.4. The molecule has 1 heterocycles. The first-order valence-electron chi connectivity index (χ1n) is 5.35. The fourth-order valence-corrected chi connectivity index (χ4v) is 2.46. The van der Waals surface area contributed by atoms with Crippen molar-refractivity contribution in [2.24, 2.45) is 5.73 Å². The molecule has 2 N–H and O–H groups in total. The first-order chi connectivity index (χ1) is 7.58. The van der Waals surface area contributed by atoms with E-state index in [0.29, 0.717) is 5.01 Å². The highest BCUT2D eigenvalue weighted by Crippen LogP contribution is 2.26. The molecule has 6 heteroatoms. The van der Waals surface area contributed by atoms with Crippen LogP contribution >= 0.6 is 11.3 Å². The van der Waals surface area contributed by atoms with Gasteiger partial charge >= 0.3 is 6.18 Å². The van der Waals surface area contributed by atoms with E-state index in [1.54, 1.807) is 0 Å². The number of hydrogen-bond donors (Lipinski definition) is 1. The highest BCUT2D eigenvalue weighted by atomic mass is 32.1. The van der Waals surface area contributed by atoms with Gasteiger partial charge in [-0.15, -0.1) is 11.3 Å². The minimum absolute atomic E-state index is 0.0805. The van der Waals surface area contributed by atoms with Crippen LogP contribution in [-0.4, -0.2) is 17.2 Å². The monoisotopic (exact) mass is 266 g/mol. The van der Waals surface area contributed by atoms with Crippen molar-refractivity contribution in [1.82, 2.24) is 4.98 Å². The molecule has 1 aromatic rings. The Balaban J connectivity index is 2.61. The summed E-state index contributed by atoms with van der Waals surface area (Å²) in [5.41, 5.74) is 6.28. The fraction of sp³-hybridized carbons (Fsp3) is 0.727. The highest BCUT2D eigenvalue weighted by Gasteiger charge is 2.30. The maximum atomic E-state index is 12.1. The number of halogens is 3. The first-order valence-corrected chi connectivity index (χ1v) is 6.23. The van der Waals surface area contributed by atoms with E-state index in [2.05, 4.69) is 4.98 Å². The molecule has 1 aromatic heterocycles. The van der Waals surface area contributed by atoms with Gasteiger partial charge in [-0.25, -0.2) is 4.98 Å². The molecule has 1 rings (SSSR count). The molecular weight excluding hydrogens is 249 g/mol. The Labute approximate surface area is 103 Å². The van der Waals surface area contributed by atoms with Crippen molar-refractivity contribution >= 4 is 11.3 Å². The van der Waals surface area contributed by atoms with Gasteiger partial charge in [-0.05, 0) is 0 Å². The van der Waals surface area contributed by atoms with Crippen molar-refractivity contribution in [3.63, 3.8) is 0 Å². The molecule has 17 heavy (non-hydrogen) atoms. The topological polar surface area (TPSA) is 38.9 Å². The van der Waals surface area contributed by atoms with Crippen molar-refractivity contribution in [3.05, 3.63) is 16.1 Å². The average molecular weight is 266 g/mol. The van der Waals surface area contributed by atoms with Crippen molar-refractivity contribution in [3.8, 4) is 0 Å². The molecule has 0 saturated carbocycles. The van der Waals surface area contributed by atoms with Gasteiger partial charge in [-0.2, -0.15) is 13.2 Å². The minimum atomic E-state index is -4.20. The summed E-state index contributed by atoms with van der Waals surface area (Å²) in [5.74, 6) is 0. The van der Waals surface area contributed by atoms with Gasteiger partial charge in [0.15, 0.2) is 0 Å². The largest absolute Gasteiger partial charge is 0.390 e. The normalized spacial score (nSPS) is 15.0. The smallest absolute Gasteiger partial charge is 0.327 e. The Hall–Kier alpha value is -0.620. The van der Waals surface area contributed by atoms with Crippen molar-refractivity contribution < 1.29 is 13.2 Å². The van der Waals surface area contributed by atoms with Gasteiger partial charge < -0.3 is 5.73 Å². The Morgan fingerprint density at radius 2 is 1.94 bits per heavy atom. The number of nitrogens with zero attached hydrogens (tertiary/aromatic N) is 1. The van der Waals surface area contributed by atoms with Crippen LogP contribution in [0.1, 0.15) is 37.9 Å². The van der Waals surface area contributed by atoms with Gasteiger partial charge in [0.25, 0.3) is 0 Å². The van der Waals surface area contributed by atoms with Gasteiger partial charge in [0.05, 0.1) is 17.1 Å². The summed E-state index contributed by atoms with van der Waals surface area (Å²) >= 11 is 1.37. The molecule has 0 aliphatic rings. The van der Waals surface area contributed by atoms with Crippen LogP contribution in [0.4, 0.5) is 13.2 Å². The molecular formula is C11H17F3N2S. The van der Waals surface area contributed by atoms with E-state index in [4.69, 9.17) is 5.73 Å². The second-order valence-corrected chi connectivity index (χ2v) is 6.10. The van der Waals surface area contributed by atoms with Crippen LogP contribution in [0.5, 0.6) is 0 Å². The molecule has 2 nitrogen and oxygen atoms in total. The van der Waals surface area contributed by atoms with Gasteiger partial charge in [0.2, 0.25) is 0 Å². The molecule has 0 radical (unpaired) electrons. The summed E-state index contributed by atoms with van der Waals surface area (Å²) < 4.78 is 36.3. The lowest BCUT2D eigenvalue weighted by Crippen LogP contribution is -2.29. The van der Waals surface area contributed by atoms with Crippen LogP contribution in [0, 0.1) is 0 Å². The molecule has 0 aromatic carbocycles. The van der Waals surface area contributed by atoms with Gasteiger partial charge in [0.1, 0.15) is 0 Å². The molecule has 0 aliphatic carbocycles. The SMILES string of the molecule is CC(C)(C)c1csc(CC(N)CC(F)(F)F)n1. The van der Waals surface area contributed by atoms with E-state index in [0.717, 1.165) is 5.69 Å². The molecule has 0 aliphatic heterocycles. The summed E-state index contributed by atoms with van der Waals surface area (Å²) in [4.78, 5) is 4.32. The summed E-state index contributed by atoms with van der Waals surface area (Å²) in [5, 5.41) is 2.56. The maximum Gasteiger partial charge on any atom is 0.390 e. The molecule has 1 unspecified atom stereocenters. The Bertz CT molecular complexity index is 366. The number of hydrogen-bond acceptors (Lipinski definition) is 3. The lowest BCUT2D eigenvalue weighted by atomic mass is 9.93. The predicted molar refractivity (Wildman–Crippen MR) is 63.2 cm³/mol. The van der Waals surface area contributed by atoms with Crippen molar-refractivity contribution in [2.45, 2.75) is 51.2 Å². The molecule has 0 saturated heterocycles. The van der Waals surface area contributed by atoms with Gasteiger partial charge in [-0.3, -0.25) is 0 Å². The average Bonchev–Trinajstić information content (AvgIpc) is 2.47. The molecule has 98 valence electrons. The summed E-state index contributed by atoms with van der Waals surface area (Å²) in [7, 11) is 0. The van der Waals surface area contributed by atoms with E-state index in [-0.39, 0.29) is 11.8 Å².